The Bertz CT molecular complexity index is 1300. The van der Waals surface area contributed by atoms with Crippen LogP contribution in [0.3, 0.4) is 0 Å². The zero-order valence-corrected chi connectivity index (χ0v) is 16.6. The van der Waals surface area contributed by atoms with E-state index in [9.17, 15) is 9.18 Å². The van der Waals surface area contributed by atoms with Crippen LogP contribution in [0.5, 0.6) is 0 Å². The molecule has 5 rings (SSSR count). The highest BCUT2D eigenvalue weighted by Gasteiger charge is 2.20. The van der Waals surface area contributed by atoms with Crippen LogP contribution in [0.4, 0.5) is 15.8 Å². The molecule has 0 amide bonds. The summed E-state index contributed by atoms with van der Waals surface area (Å²) in [4.78, 5) is 16.7. The Morgan fingerprint density at radius 1 is 0.933 bits per heavy atom. The van der Waals surface area contributed by atoms with Crippen LogP contribution in [0, 0.1) is 5.82 Å². The third-order valence-corrected chi connectivity index (χ3v) is 5.58. The van der Waals surface area contributed by atoms with Crippen molar-refractivity contribution in [3.05, 3.63) is 94.7 Å². The Labute approximate surface area is 173 Å². The minimum atomic E-state index is -0.208. The normalized spacial score (nSPS) is 14.5. The molecule has 0 radical (unpaired) electrons. The van der Waals surface area contributed by atoms with Gasteiger partial charge in [0.15, 0.2) is 0 Å². The molecule has 150 valence electrons. The highest BCUT2D eigenvalue weighted by molar-refractivity contribution is 5.87. The molecule has 1 aromatic heterocycles. The molecule has 0 N–H and O–H groups in total. The maximum absolute atomic E-state index is 14.1. The van der Waals surface area contributed by atoms with Gasteiger partial charge in [0.05, 0.1) is 5.69 Å². The van der Waals surface area contributed by atoms with Crippen molar-refractivity contribution in [1.82, 2.24) is 14.7 Å². The first-order valence-corrected chi connectivity index (χ1v) is 9.92. The van der Waals surface area contributed by atoms with Crippen LogP contribution in [0.25, 0.3) is 16.5 Å². The van der Waals surface area contributed by atoms with E-state index in [0.29, 0.717) is 5.39 Å². The molecule has 3 aromatic carbocycles. The van der Waals surface area contributed by atoms with Gasteiger partial charge < -0.3 is 9.80 Å². The minimum Gasteiger partial charge on any atom is -0.340 e. The number of hydrogen-bond donors (Lipinski definition) is 0. The van der Waals surface area contributed by atoms with E-state index in [1.807, 2.05) is 42.5 Å². The molecule has 2 heterocycles. The van der Waals surface area contributed by atoms with Crippen LogP contribution in [0.1, 0.15) is 5.56 Å². The number of likely N-dealkylation sites (N-methyl/N-ethyl adjacent to an activating group) is 1. The first kappa shape index (κ1) is 18.5. The van der Waals surface area contributed by atoms with E-state index in [4.69, 9.17) is 0 Å². The lowest BCUT2D eigenvalue weighted by atomic mass is 10.1. The number of benzene rings is 3. The summed E-state index contributed by atoms with van der Waals surface area (Å²) in [7, 11) is 2.09. The van der Waals surface area contributed by atoms with Gasteiger partial charge in [-0.3, -0.25) is 4.79 Å². The molecule has 0 fully saturated rings. The van der Waals surface area contributed by atoms with Crippen molar-refractivity contribution in [2.75, 3.05) is 25.0 Å². The zero-order valence-electron chi connectivity index (χ0n) is 16.6. The molecular formula is C24H21FN4O. The van der Waals surface area contributed by atoms with E-state index in [1.165, 1.54) is 16.8 Å². The number of fused-ring (bicyclic) bond motifs is 2. The summed E-state index contributed by atoms with van der Waals surface area (Å²) in [6.07, 6.45) is 1.61. The van der Waals surface area contributed by atoms with Crippen LogP contribution in [-0.4, -0.2) is 34.8 Å². The van der Waals surface area contributed by atoms with Gasteiger partial charge in [0, 0.05) is 48.7 Å². The van der Waals surface area contributed by atoms with Crippen molar-refractivity contribution in [3.8, 4) is 5.69 Å². The van der Waals surface area contributed by atoms with Crippen LogP contribution < -0.4 is 10.5 Å². The van der Waals surface area contributed by atoms with Crippen LogP contribution in [0.2, 0.25) is 0 Å². The number of hydrogen-bond acceptors (Lipinski definition) is 4. The molecule has 0 spiro atoms. The second kappa shape index (κ2) is 7.39. The number of halogens is 1. The van der Waals surface area contributed by atoms with Gasteiger partial charge in [-0.05, 0) is 66.5 Å². The van der Waals surface area contributed by atoms with Gasteiger partial charge in [0.1, 0.15) is 5.82 Å². The Morgan fingerprint density at radius 3 is 2.67 bits per heavy atom. The van der Waals surface area contributed by atoms with Gasteiger partial charge in [0.2, 0.25) is 0 Å². The summed E-state index contributed by atoms with van der Waals surface area (Å²) < 4.78 is 15.5. The number of anilines is 2. The first-order valence-electron chi connectivity index (χ1n) is 9.92. The summed E-state index contributed by atoms with van der Waals surface area (Å²) in [5, 5.41) is 5.70. The van der Waals surface area contributed by atoms with Gasteiger partial charge in [-0.1, -0.05) is 12.1 Å². The fourth-order valence-electron chi connectivity index (χ4n) is 4.07. The second-order valence-electron chi connectivity index (χ2n) is 7.62. The maximum atomic E-state index is 14.1. The van der Waals surface area contributed by atoms with Gasteiger partial charge >= 0.3 is 0 Å². The monoisotopic (exact) mass is 400 g/mol. The summed E-state index contributed by atoms with van der Waals surface area (Å²) >= 11 is 0. The molecule has 6 heteroatoms. The molecule has 1 aliphatic rings. The standard InChI is InChI=1S/C24H21FN4O/c1-27-12-13-28(19-7-9-21-17(14-19)4-2-5-22(21)25)23-10-8-20(15-18(23)16-27)29-24(30)6-3-11-26-29/h2-11,14-15H,12-13,16H2,1H3. The topological polar surface area (TPSA) is 41.4 Å². The van der Waals surface area contributed by atoms with Crippen molar-refractivity contribution >= 4 is 22.1 Å². The highest BCUT2D eigenvalue weighted by Crippen LogP contribution is 2.34. The van der Waals surface area contributed by atoms with Crippen molar-refractivity contribution in [3.63, 3.8) is 0 Å². The number of rotatable bonds is 2. The molecular weight excluding hydrogens is 379 g/mol. The zero-order chi connectivity index (χ0) is 20.7. The van der Waals surface area contributed by atoms with Gasteiger partial charge in [-0.25, -0.2) is 4.39 Å². The molecule has 0 bridgehead atoms. The lowest BCUT2D eigenvalue weighted by Crippen LogP contribution is -2.26. The first-order chi connectivity index (χ1) is 14.6. The summed E-state index contributed by atoms with van der Waals surface area (Å²) in [5.74, 6) is -0.208. The van der Waals surface area contributed by atoms with Gasteiger partial charge in [-0.15, -0.1) is 0 Å². The van der Waals surface area contributed by atoms with E-state index in [1.54, 1.807) is 18.3 Å². The number of aromatic nitrogens is 2. The third kappa shape index (κ3) is 3.25. The summed E-state index contributed by atoms with van der Waals surface area (Å²) in [6.45, 7) is 2.46. The molecule has 0 saturated carbocycles. The van der Waals surface area contributed by atoms with Crippen LogP contribution >= 0.6 is 0 Å². The smallest absolute Gasteiger partial charge is 0.271 e. The Balaban J connectivity index is 1.62. The lowest BCUT2D eigenvalue weighted by molar-refractivity contribution is 0.343. The van der Waals surface area contributed by atoms with E-state index < -0.39 is 0 Å². The summed E-state index contributed by atoms with van der Waals surface area (Å²) in [6, 6.07) is 20.1. The Hall–Kier alpha value is -3.51. The molecule has 0 atom stereocenters. The summed E-state index contributed by atoms with van der Waals surface area (Å²) in [5.41, 5.74) is 3.81. The van der Waals surface area contributed by atoms with E-state index in [-0.39, 0.29) is 11.4 Å². The van der Waals surface area contributed by atoms with Gasteiger partial charge in [0.25, 0.3) is 5.56 Å². The van der Waals surface area contributed by atoms with Crippen molar-refractivity contribution in [1.29, 1.82) is 0 Å². The third-order valence-electron chi connectivity index (χ3n) is 5.58. The van der Waals surface area contributed by atoms with E-state index in [0.717, 1.165) is 47.6 Å². The molecule has 0 aliphatic carbocycles. The highest BCUT2D eigenvalue weighted by atomic mass is 19.1. The predicted molar refractivity (Wildman–Crippen MR) is 117 cm³/mol. The van der Waals surface area contributed by atoms with Crippen molar-refractivity contribution < 1.29 is 4.39 Å². The molecule has 5 nitrogen and oxygen atoms in total. The fraction of sp³-hybridized carbons (Fsp3) is 0.167. The van der Waals surface area contributed by atoms with Crippen molar-refractivity contribution in [2.24, 2.45) is 0 Å². The second-order valence-corrected chi connectivity index (χ2v) is 7.62. The lowest BCUT2D eigenvalue weighted by Gasteiger charge is -2.25. The molecule has 30 heavy (non-hydrogen) atoms. The van der Waals surface area contributed by atoms with Crippen LogP contribution in [-0.2, 0) is 6.54 Å². The fourth-order valence-corrected chi connectivity index (χ4v) is 4.07. The van der Waals surface area contributed by atoms with Crippen molar-refractivity contribution in [2.45, 2.75) is 6.54 Å². The Kier molecular flexibility index (Phi) is 4.56. The van der Waals surface area contributed by atoms with Gasteiger partial charge in [-0.2, -0.15) is 9.78 Å². The quantitative estimate of drug-likeness (QED) is 0.508. The maximum Gasteiger partial charge on any atom is 0.271 e. The average Bonchev–Trinajstić information content (AvgIpc) is 2.91. The van der Waals surface area contributed by atoms with E-state index >= 15 is 0 Å². The van der Waals surface area contributed by atoms with E-state index in [2.05, 4.69) is 21.9 Å². The average molecular weight is 400 g/mol. The minimum absolute atomic E-state index is 0.159. The predicted octanol–water partition coefficient (Wildman–Crippen LogP) is 4.11. The molecule has 0 saturated heterocycles. The Morgan fingerprint density at radius 2 is 1.80 bits per heavy atom. The molecule has 4 aromatic rings. The van der Waals surface area contributed by atoms with Crippen LogP contribution in [0.15, 0.2) is 77.7 Å². The SMILES string of the molecule is CN1CCN(c2ccc3c(F)cccc3c2)c2ccc(-n3ncccc3=O)cc2C1. The molecule has 1 aliphatic heterocycles. The largest absolute Gasteiger partial charge is 0.340 e. The number of nitrogens with zero attached hydrogens (tertiary/aromatic N) is 4. The molecule has 0 unspecified atom stereocenters.